The third-order valence-electron chi connectivity index (χ3n) is 5.76. The van der Waals surface area contributed by atoms with Crippen molar-refractivity contribution in [1.29, 1.82) is 0 Å². The molecule has 0 saturated carbocycles. The molecular formula is C20H22FN3O3. The van der Waals surface area contributed by atoms with Crippen LogP contribution in [0.15, 0.2) is 41.2 Å². The Labute approximate surface area is 156 Å². The molecule has 142 valence electrons. The molecular weight excluding hydrogens is 349 g/mol. The quantitative estimate of drug-likeness (QED) is 0.844. The highest BCUT2D eigenvalue weighted by molar-refractivity contribution is 5.82. The fourth-order valence-electron chi connectivity index (χ4n) is 4.37. The lowest BCUT2D eigenvalue weighted by Crippen LogP contribution is -2.45. The van der Waals surface area contributed by atoms with E-state index in [1.165, 1.54) is 17.0 Å². The molecule has 4 atom stereocenters. The monoisotopic (exact) mass is 371 g/mol. The summed E-state index contributed by atoms with van der Waals surface area (Å²) in [6.07, 6.45) is 0. The van der Waals surface area contributed by atoms with E-state index in [2.05, 4.69) is 5.32 Å². The van der Waals surface area contributed by atoms with Gasteiger partial charge in [-0.3, -0.25) is 14.9 Å². The molecule has 1 amide bonds. The van der Waals surface area contributed by atoms with Gasteiger partial charge < -0.3 is 14.6 Å². The van der Waals surface area contributed by atoms with E-state index in [1.54, 1.807) is 36.9 Å². The maximum absolute atomic E-state index is 13.2. The SMILES string of the molecule is CN(C)C(=O)[C@@H]1N[C@@H]2c3ccc(-c4ccc(F)cc4)c(=O)n3C[C@@H]2[C@H]1CO. The van der Waals surface area contributed by atoms with Crippen molar-refractivity contribution in [3.8, 4) is 11.1 Å². The molecule has 2 aliphatic heterocycles. The summed E-state index contributed by atoms with van der Waals surface area (Å²) in [6.45, 7) is 0.329. The van der Waals surface area contributed by atoms with Gasteiger partial charge in [0.1, 0.15) is 5.82 Å². The first-order chi connectivity index (χ1) is 12.9. The largest absolute Gasteiger partial charge is 0.396 e. The number of nitrogens with one attached hydrogen (secondary N) is 1. The molecule has 1 aromatic carbocycles. The standard InChI is InChI=1S/C20H22FN3O3/c1-23(2)20(27)18-15(10-25)14-9-24-16(17(14)22-18)8-7-13(19(24)26)11-3-5-12(21)6-4-11/h3-8,14-15,17-18,22,25H,9-10H2,1-2H3/t14-,15-,17+,18-/m1/s1. The predicted octanol–water partition coefficient (Wildman–Crippen LogP) is 0.994. The van der Waals surface area contributed by atoms with Gasteiger partial charge in [-0.15, -0.1) is 0 Å². The van der Waals surface area contributed by atoms with Crippen LogP contribution in [0.2, 0.25) is 0 Å². The van der Waals surface area contributed by atoms with Crippen LogP contribution in [0.1, 0.15) is 11.7 Å². The zero-order chi connectivity index (χ0) is 19.3. The molecule has 6 nitrogen and oxygen atoms in total. The number of aliphatic hydroxyl groups excluding tert-OH is 1. The number of fused-ring (bicyclic) bond motifs is 3. The molecule has 7 heteroatoms. The highest BCUT2D eigenvalue weighted by Crippen LogP contribution is 2.43. The molecule has 0 radical (unpaired) electrons. The lowest BCUT2D eigenvalue weighted by molar-refractivity contribution is -0.132. The van der Waals surface area contributed by atoms with Crippen molar-refractivity contribution in [2.45, 2.75) is 18.6 Å². The Hall–Kier alpha value is -2.51. The molecule has 0 aliphatic carbocycles. The summed E-state index contributed by atoms with van der Waals surface area (Å²) in [5.41, 5.74) is 1.87. The maximum Gasteiger partial charge on any atom is 0.258 e. The number of pyridine rings is 1. The predicted molar refractivity (Wildman–Crippen MR) is 98.5 cm³/mol. The summed E-state index contributed by atoms with van der Waals surface area (Å²) in [7, 11) is 3.39. The van der Waals surface area contributed by atoms with E-state index in [-0.39, 0.29) is 41.8 Å². The summed E-state index contributed by atoms with van der Waals surface area (Å²) in [5.74, 6) is -0.694. The number of likely N-dealkylation sites (N-methyl/N-ethyl adjacent to an activating group) is 1. The van der Waals surface area contributed by atoms with Crippen molar-refractivity contribution in [3.05, 3.63) is 58.3 Å². The highest BCUT2D eigenvalue weighted by Gasteiger charge is 2.50. The molecule has 3 heterocycles. The maximum atomic E-state index is 13.2. The molecule has 2 N–H and O–H groups in total. The lowest BCUT2D eigenvalue weighted by Gasteiger charge is -2.23. The smallest absolute Gasteiger partial charge is 0.258 e. The zero-order valence-electron chi connectivity index (χ0n) is 15.2. The number of benzene rings is 1. The molecule has 4 rings (SSSR count). The van der Waals surface area contributed by atoms with Gasteiger partial charge in [0.05, 0.1) is 12.1 Å². The average molecular weight is 371 g/mol. The highest BCUT2D eigenvalue weighted by atomic mass is 19.1. The molecule has 1 saturated heterocycles. The lowest BCUT2D eigenvalue weighted by atomic mass is 9.88. The van der Waals surface area contributed by atoms with E-state index in [9.17, 15) is 19.1 Å². The first kappa shape index (κ1) is 17.9. The van der Waals surface area contributed by atoms with Gasteiger partial charge in [-0.1, -0.05) is 12.1 Å². The number of aliphatic hydroxyl groups is 1. The topological polar surface area (TPSA) is 74.6 Å². The Morgan fingerprint density at radius 1 is 1.26 bits per heavy atom. The second-order valence-corrected chi connectivity index (χ2v) is 7.46. The van der Waals surface area contributed by atoms with E-state index in [1.807, 2.05) is 6.07 Å². The molecule has 2 aliphatic rings. The van der Waals surface area contributed by atoms with Crippen molar-refractivity contribution >= 4 is 5.91 Å². The van der Waals surface area contributed by atoms with Crippen molar-refractivity contribution in [2.24, 2.45) is 11.8 Å². The van der Waals surface area contributed by atoms with Gasteiger partial charge in [0.15, 0.2) is 0 Å². The molecule has 1 fully saturated rings. The van der Waals surface area contributed by atoms with E-state index in [4.69, 9.17) is 0 Å². The summed E-state index contributed by atoms with van der Waals surface area (Å²) < 4.78 is 14.9. The Morgan fingerprint density at radius 2 is 1.96 bits per heavy atom. The summed E-state index contributed by atoms with van der Waals surface area (Å²) in [5, 5.41) is 13.2. The van der Waals surface area contributed by atoms with Crippen molar-refractivity contribution in [1.82, 2.24) is 14.8 Å². The van der Waals surface area contributed by atoms with E-state index < -0.39 is 6.04 Å². The Morgan fingerprint density at radius 3 is 2.59 bits per heavy atom. The van der Waals surface area contributed by atoms with Crippen molar-refractivity contribution < 1.29 is 14.3 Å². The second kappa shape index (κ2) is 6.58. The molecule has 0 spiro atoms. The fourth-order valence-corrected chi connectivity index (χ4v) is 4.37. The van der Waals surface area contributed by atoms with E-state index in [0.29, 0.717) is 17.7 Å². The summed E-state index contributed by atoms with van der Waals surface area (Å²) in [6, 6.07) is 8.89. The van der Waals surface area contributed by atoms with Crippen LogP contribution in [-0.4, -0.2) is 47.2 Å². The van der Waals surface area contributed by atoms with Gasteiger partial charge in [0.2, 0.25) is 5.91 Å². The number of hydrogen-bond donors (Lipinski definition) is 2. The minimum Gasteiger partial charge on any atom is -0.396 e. The number of carbonyl (C=O) groups is 1. The first-order valence-corrected chi connectivity index (χ1v) is 9.00. The van der Waals surface area contributed by atoms with Gasteiger partial charge in [0, 0.05) is 50.3 Å². The van der Waals surface area contributed by atoms with Crippen LogP contribution >= 0.6 is 0 Å². The second-order valence-electron chi connectivity index (χ2n) is 7.46. The van der Waals surface area contributed by atoms with Crippen LogP contribution in [0.5, 0.6) is 0 Å². The number of carbonyl (C=O) groups excluding carboxylic acids is 1. The van der Waals surface area contributed by atoms with Gasteiger partial charge in [0.25, 0.3) is 5.56 Å². The normalized spacial score (nSPS) is 25.9. The van der Waals surface area contributed by atoms with Crippen LogP contribution in [0.3, 0.4) is 0 Å². The zero-order valence-corrected chi connectivity index (χ0v) is 15.2. The van der Waals surface area contributed by atoms with E-state index in [0.717, 1.165) is 5.69 Å². The van der Waals surface area contributed by atoms with Crippen LogP contribution in [0, 0.1) is 17.7 Å². The Balaban J connectivity index is 1.70. The van der Waals surface area contributed by atoms with Gasteiger partial charge in [-0.2, -0.15) is 0 Å². The van der Waals surface area contributed by atoms with Crippen molar-refractivity contribution in [2.75, 3.05) is 20.7 Å². The number of nitrogens with zero attached hydrogens (tertiary/aromatic N) is 2. The number of halogens is 1. The average Bonchev–Trinajstić information content (AvgIpc) is 3.18. The summed E-state index contributed by atoms with van der Waals surface area (Å²) in [4.78, 5) is 27.0. The molecule has 1 aromatic heterocycles. The Kier molecular flexibility index (Phi) is 4.36. The minimum atomic E-state index is -0.458. The third kappa shape index (κ3) is 2.78. The van der Waals surface area contributed by atoms with Crippen LogP contribution in [0.4, 0.5) is 4.39 Å². The molecule has 0 unspecified atom stereocenters. The minimum absolute atomic E-state index is 0.0277. The number of hydrogen-bond acceptors (Lipinski definition) is 4. The van der Waals surface area contributed by atoms with Crippen LogP contribution in [-0.2, 0) is 11.3 Å². The Bertz CT molecular complexity index is 938. The number of aromatic nitrogens is 1. The molecule has 27 heavy (non-hydrogen) atoms. The first-order valence-electron chi connectivity index (χ1n) is 9.00. The molecule has 0 bridgehead atoms. The number of amides is 1. The summed E-state index contributed by atoms with van der Waals surface area (Å²) >= 11 is 0. The third-order valence-corrected chi connectivity index (χ3v) is 5.76. The van der Waals surface area contributed by atoms with Crippen molar-refractivity contribution in [3.63, 3.8) is 0 Å². The fraction of sp³-hybridized carbons (Fsp3) is 0.400. The van der Waals surface area contributed by atoms with Gasteiger partial charge in [-0.25, -0.2) is 4.39 Å². The van der Waals surface area contributed by atoms with Gasteiger partial charge >= 0.3 is 0 Å². The van der Waals surface area contributed by atoms with Crippen LogP contribution in [0.25, 0.3) is 11.1 Å². The number of rotatable bonds is 3. The van der Waals surface area contributed by atoms with E-state index >= 15 is 0 Å². The molecule has 2 aromatic rings. The van der Waals surface area contributed by atoms with Crippen LogP contribution < -0.4 is 10.9 Å². The van der Waals surface area contributed by atoms with Gasteiger partial charge in [-0.05, 0) is 29.8 Å².